The summed E-state index contributed by atoms with van der Waals surface area (Å²) in [6, 6.07) is 0. The van der Waals surface area contributed by atoms with Gasteiger partial charge in [0.1, 0.15) is 6.10 Å². The second-order valence-electron chi connectivity index (χ2n) is 6.31. The maximum absolute atomic E-state index is 12.3. The molecular weight excluding hydrogens is 286 g/mol. The van der Waals surface area contributed by atoms with E-state index < -0.39 is 0 Å². The molecule has 0 aromatic carbocycles. The maximum atomic E-state index is 12.3. The van der Waals surface area contributed by atoms with Gasteiger partial charge in [0.2, 0.25) is 0 Å². The van der Waals surface area contributed by atoms with Crippen LogP contribution in [0.4, 0.5) is 0 Å². The molecule has 120 valence electrons. The van der Waals surface area contributed by atoms with Crippen LogP contribution in [-0.4, -0.2) is 73.3 Å². The molecule has 1 atom stereocenters. The average Bonchev–Trinajstić information content (AvgIpc) is 3.04. The van der Waals surface area contributed by atoms with Gasteiger partial charge < -0.3 is 15.4 Å². The number of hydrogen-bond donors (Lipinski definition) is 2. The normalized spacial score (nSPS) is 30.2. The van der Waals surface area contributed by atoms with E-state index in [2.05, 4.69) is 15.5 Å². The maximum Gasteiger partial charge on any atom is 0.250 e. The zero-order valence-corrected chi connectivity index (χ0v) is 13.6. The van der Waals surface area contributed by atoms with Crippen LogP contribution < -0.4 is 10.6 Å². The van der Waals surface area contributed by atoms with Gasteiger partial charge in [-0.1, -0.05) is 12.8 Å². The molecule has 2 N–H and O–H groups in total. The molecule has 1 aliphatic carbocycles. The summed E-state index contributed by atoms with van der Waals surface area (Å²) in [5.41, 5.74) is 0.207. The molecule has 1 saturated carbocycles. The fraction of sp³-hybridized carbons (Fsp3) is 0.933. The van der Waals surface area contributed by atoms with Crippen molar-refractivity contribution in [3.8, 4) is 0 Å². The summed E-state index contributed by atoms with van der Waals surface area (Å²) in [6.07, 6.45) is 4.72. The monoisotopic (exact) mass is 313 g/mol. The molecule has 0 aromatic rings. The summed E-state index contributed by atoms with van der Waals surface area (Å²) in [5.74, 6) is 2.51. The van der Waals surface area contributed by atoms with E-state index in [0.717, 1.165) is 13.1 Å². The second-order valence-corrected chi connectivity index (χ2v) is 7.54. The van der Waals surface area contributed by atoms with Gasteiger partial charge in [0.25, 0.3) is 5.91 Å². The topological polar surface area (TPSA) is 53.6 Å². The van der Waals surface area contributed by atoms with Gasteiger partial charge in [0.05, 0.1) is 6.61 Å². The largest absolute Gasteiger partial charge is 0.366 e. The molecule has 6 heteroatoms. The van der Waals surface area contributed by atoms with Gasteiger partial charge in [-0.2, -0.15) is 11.8 Å². The molecule has 2 saturated heterocycles. The standard InChI is InChI=1S/C15H27N3O2S/c19-14(13-11-16-5-8-20-13)17-12-15(3-1-2-4-15)18-6-9-21-10-7-18/h13,16H,1-12H2,(H,17,19). The van der Waals surface area contributed by atoms with Crippen molar-refractivity contribution in [3.63, 3.8) is 0 Å². The number of morpholine rings is 1. The lowest BCUT2D eigenvalue weighted by atomic mass is 9.94. The Balaban J connectivity index is 1.56. The summed E-state index contributed by atoms with van der Waals surface area (Å²) in [6.45, 7) is 5.24. The predicted molar refractivity (Wildman–Crippen MR) is 85.7 cm³/mol. The van der Waals surface area contributed by atoms with Crippen molar-refractivity contribution in [2.24, 2.45) is 0 Å². The fourth-order valence-corrected chi connectivity index (χ4v) is 4.68. The van der Waals surface area contributed by atoms with Crippen LogP contribution in [0.5, 0.6) is 0 Å². The Morgan fingerprint density at radius 3 is 2.76 bits per heavy atom. The van der Waals surface area contributed by atoms with E-state index in [1.807, 2.05) is 11.8 Å². The van der Waals surface area contributed by atoms with E-state index >= 15 is 0 Å². The van der Waals surface area contributed by atoms with Crippen LogP contribution in [0.15, 0.2) is 0 Å². The predicted octanol–water partition coefficient (Wildman–Crippen LogP) is 0.453. The summed E-state index contributed by atoms with van der Waals surface area (Å²) in [5, 5.41) is 6.40. The summed E-state index contributed by atoms with van der Waals surface area (Å²) < 4.78 is 5.54. The van der Waals surface area contributed by atoms with E-state index in [0.29, 0.717) is 13.2 Å². The van der Waals surface area contributed by atoms with Gasteiger partial charge in [-0.3, -0.25) is 9.69 Å². The van der Waals surface area contributed by atoms with Crippen LogP contribution in [0, 0.1) is 0 Å². The highest BCUT2D eigenvalue weighted by Gasteiger charge is 2.40. The van der Waals surface area contributed by atoms with Crippen LogP contribution in [0.2, 0.25) is 0 Å². The molecule has 0 aromatic heterocycles. The van der Waals surface area contributed by atoms with Gasteiger partial charge in [0.15, 0.2) is 0 Å². The van der Waals surface area contributed by atoms with Crippen molar-refractivity contribution in [2.75, 3.05) is 50.8 Å². The highest BCUT2D eigenvalue weighted by Crippen LogP contribution is 2.36. The number of hydrogen-bond acceptors (Lipinski definition) is 5. The van der Waals surface area contributed by atoms with Gasteiger partial charge in [-0.05, 0) is 12.8 Å². The Bertz CT molecular complexity index is 349. The second kappa shape index (κ2) is 7.31. The van der Waals surface area contributed by atoms with E-state index in [9.17, 15) is 4.79 Å². The first-order chi connectivity index (χ1) is 10.3. The molecule has 2 aliphatic heterocycles. The Morgan fingerprint density at radius 2 is 2.10 bits per heavy atom. The third-order valence-corrected chi connectivity index (χ3v) is 5.97. The van der Waals surface area contributed by atoms with E-state index in [1.54, 1.807) is 0 Å². The minimum absolute atomic E-state index is 0.0554. The minimum atomic E-state index is -0.311. The lowest BCUT2D eigenvalue weighted by Gasteiger charge is -2.43. The molecule has 0 spiro atoms. The molecule has 0 bridgehead atoms. The van der Waals surface area contributed by atoms with E-state index in [-0.39, 0.29) is 17.6 Å². The summed E-state index contributed by atoms with van der Waals surface area (Å²) in [7, 11) is 0. The zero-order valence-electron chi connectivity index (χ0n) is 12.7. The van der Waals surface area contributed by atoms with E-state index in [4.69, 9.17) is 4.74 Å². The molecule has 3 aliphatic rings. The Hall–Kier alpha value is -0.300. The molecule has 2 heterocycles. The SMILES string of the molecule is O=C(NCC1(N2CCSCC2)CCCC1)C1CNCCO1. The highest BCUT2D eigenvalue weighted by atomic mass is 32.2. The van der Waals surface area contributed by atoms with Crippen LogP contribution in [-0.2, 0) is 9.53 Å². The van der Waals surface area contributed by atoms with Crippen molar-refractivity contribution in [1.29, 1.82) is 0 Å². The molecule has 3 rings (SSSR count). The van der Waals surface area contributed by atoms with Crippen LogP contribution in [0.1, 0.15) is 25.7 Å². The number of carbonyl (C=O) groups is 1. The number of carbonyl (C=O) groups excluding carboxylic acids is 1. The Labute approximate surface area is 131 Å². The smallest absolute Gasteiger partial charge is 0.250 e. The lowest BCUT2D eigenvalue weighted by Crippen LogP contribution is -2.58. The first-order valence-electron chi connectivity index (χ1n) is 8.23. The molecule has 0 radical (unpaired) electrons. The summed E-state index contributed by atoms with van der Waals surface area (Å²) in [4.78, 5) is 14.9. The highest BCUT2D eigenvalue weighted by molar-refractivity contribution is 7.99. The third kappa shape index (κ3) is 3.73. The number of thioether (sulfide) groups is 1. The van der Waals surface area contributed by atoms with Crippen molar-refractivity contribution in [1.82, 2.24) is 15.5 Å². The number of rotatable bonds is 4. The summed E-state index contributed by atoms with van der Waals surface area (Å²) >= 11 is 2.05. The van der Waals surface area contributed by atoms with E-state index in [1.165, 1.54) is 50.3 Å². The molecular formula is C15H27N3O2S. The van der Waals surface area contributed by atoms with Crippen molar-refractivity contribution >= 4 is 17.7 Å². The number of nitrogens with one attached hydrogen (secondary N) is 2. The third-order valence-electron chi connectivity index (χ3n) is 5.03. The molecule has 1 unspecified atom stereocenters. The van der Waals surface area contributed by atoms with Crippen LogP contribution in [0.25, 0.3) is 0 Å². The van der Waals surface area contributed by atoms with Crippen LogP contribution in [0.3, 0.4) is 0 Å². The number of amides is 1. The van der Waals surface area contributed by atoms with Gasteiger partial charge in [0, 0.05) is 49.8 Å². The fourth-order valence-electron chi connectivity index (χ4n) is 3.77. The Morgan fingerprint density at radius 1 is 1.33 bits per heavy atom. The van der Waals surface area contributed by atoms with Gasteiger partial charge in [-0.15, -0.1) is 0 Å². The van der Waals surface area contributed by atoms with Gasteiger partial charge >= 0.3 is 0 Å². The van der Waals surface area contributed by atoms with Crippen molar-refractivity contribution in [2.45, 2.75) is 37.3 Å². The quantitative estimate of drug-likeness (QED) is 0.789. The molecule has 21 heavy (non-hydrogen) atoms. The van der Waals surface area contributed by atoms with Gasteiger partial charge in [-0.25, -0.2) is 0 Å². The van der Waals surface area contributed by atoms with Crippen molar-refractivity contribution in [3.05, 3.63) is 0 Å². The minimum Gasteiger partial charge on any atom is -0.366 e. The molecule has 5 nitrogen and oxygen atoms in total. The lowest BCUT2D eigenvalue weighted by molar-refractivity contribution is -0.134. The van der Waals surface area contributed by atoms with Crippen LogP contribution >= 0.6 is 11.8 Å². The first-order valence-corrected chi connectivity index (χ1v) is 9.38. The average molecular weight is 313 g/mol. The number of ether oxygens (including phenoxy) is 1. The molecule has 3 fully saturated rings. The molecule has 1 amide bonds. The first kappa shape index (κ1) is 15.6. The van der Waals surface area contributed by atoms with Crippen molar-refractivity contribution < 1.29 is 9.53 Å². The zero-order chi connectivity index (χ0) is 14.5. The Kier molecular flexibility index (Phi) is 5.43. The number of nitrogens with zero attached hydrogens (tertiary/aromatic N) is 1.